The van der Waals surface area contributed by atoms with Gasteiger partial charge in [0, 0.05) is 48.1 Å². The maximum absolute atomic E-state index is 14.1. The van der Waals surface area contributed by atoms with E-state index in [0.29, 0.717) is 39.8 Å². The molecule has 0 saturated carbocycles. The molecule has 2 N–H and O–H groups in total. The summed E-state index contributed by atoms with van der Waals surface area (Å²) in [5, 5.41) is 3.71. The van der Waals surface area contributed by atoms with Crippen LogP contribution >= 0.6 is 11.8 Å². The van der Waals surface area contributed by atoms with E-state index in [9.17, 15) is 14.0 Å². The Labute approximate surface area is 214 Å². The van der Waals surface area contributed by atoms with Gasteiger partial charge in [0.2, 0.25) is 0 Å². The van der Waals surface area contributed by atoms with Crippen molar-refractivity contribution in [3.05, 3.63) is 92.7 Å². The number of nitrogens with one attached hydrogen (secondary N) is 2. The van der Waals surface area contributed by atoms with Gasteiger partial charge in [-0.05, 0) is 56.0 Å². The number of fused-ring (bicyclic) bond motifs is 1. The Balaban J connectivity index is 1.54. The van der Waals surface area contributed by atoms with Crippen LogP contribution in [0.5, 0.6) is 0 Å². The fourth-order valence-electron chi connectivity index (χ4n) is 5.07. The minimum Gasteiger partial charge on any atom is -0.372 e. The second kappa shape index (κ2) is 10.3. The Bertz CT molecular complexity index is 1380. The third kappa shape index (κ3) is 4.57. The predicted octanol–water partition coefficient (Wildman–Crippen LogP) is 5.61. The molecule has 8 heteroatoms. The van der Waals surface area contributed by atoms with E-state index < -0.39 is 5.92 Å². The van der Waals surface area contributed by atoms with Crippen molar-refractivity contribution in [1.82, 2.24) is 9.97 Å². The molecular weight excluding hydrogens is 475 g/mol. The van der Waals surface area contributed by atoms with Crippen LogP contribution in [0.3, 0.4) is 0 Å². The van der Waals surface area contributed by atoms with Gasteiger partial charge in [-0.15, -0.1) is 0 Å². The smallest absolute Gasteiger partial charge is 0.257 e. The lowest BCUT2D eigenvalue weighted by Crippen LogP contribution is -2.32. The van der Waals surface area contributed by atoms with E-state index in [-0.39, 0.29) is 17.2 Å². The highest BCUT2D eigenvalue weighted by molar-refractivity contribution is 7.98. The van der Waals surface area contributed by atoms with Gasteiger partial charge < -0.3 is 15.2 Å². The third-order valence-corrected chi connectivity index (χ3v) is 7.84. The van der Waals surface area contributed by atoms with E-state index in [2.05, 4.69) is 41.2 Å². The van der Waals surface area contributed by atoms with Crippen LogP contribution in [0.1, 0.15) is 55.7 Å². The number of benzene rings is 2. The van der Waals surface area contributed by atoms with Gasteiger partial charge in [-0.2, -0.15) is 0 Å². The lowest BCUT2D eigenvalue weighted by Gasteiger charge is -2.33. The summed E-state index contributed by atoms with van der Waals surface area (Å²) in [6, 6.07) is 14.7. The van der Waals surface area contributed by atoms with E-state index >= 15 is 0 Å². The van der Waals surface area contributed by atoms with Gasteiger partial charge in [-0.3, -0.25) is 9.59 Å². The first-order valence-corrected chi connectivity index (χ1v) is 13.4. The van der Waals surface area contributed by atoms with Crippen LogP contribution in [0.2, 0.25) is 0 Å². The molecule has 186 valence electrons. The average molecular weight is 505 g/mol. The van der Waals surface area contributed by atoms with E-state index in [1.54, 1.807) is 18.2 Å². The second-order valence-electron chi connectivity index (χ2n) is 9.00. The topological polar surface area (TPSA) is 78.1 Å². The number of hydrogen-bond donors (Lipinski definition) is 2. The fraction of sp³-hybridized carbons (Fsp3) is 0.321. The van der Waals surface area contributed by atoms with Crippen molar-refractivity contribution in [3.8, 4) is 0 Å². The minimum absolute atomic E-state index is 0.0737. The lowest BCUT2D eigenvalue weighted by molar-refractivity contribution is -0.116. The first kappa shape index (κ1) is 24.3. The first-order chi connectivity index (χ1) is 17.5. The van der Waals surface area contributed by atoms with Gasteiger partial charge in [0.1, 0.15) is 11.6 Å². The number of aromatic amines is 1. The molecular formula is C28H29FN4O2S. The number of carbonyl (C=O) groups excluding carboxylic acids is 1. The van der Waals surface area contributed by atoms with Crippen LogP contribution in [-0.2, 0) is 10.5 Å². The zero-order valence-corrected chi connectivity index (χ0v) is 21.3. The Hall–Kier alpha value is -3.39. The molecule has 0 fully saturated rings. The molecule has 0 spiro atoms. The van der Waals surface area contributed by atoms with E-state index in [1.807, 2.05) is 12.1 Å². The molecule has 5 rings (SSSR count). The molecule has 0 bridgehead atoms. The number of thioether (sulfide) groups is 1. The van der Waals surface area contributed by atoms with Crippen molar-refractivity contribution < 1.29 is 9.18 Å². The summed E-state index contributed by atoms with van der Waals surface area (Å²) in [5.74, 6) is 0.131. The zero-order chi connectivity index (χ0) is 25.2. The third-order valence-electron chi connectivity index (χ3n) is 6.91. The van der Waals surface area contributed by atoms with Crippen molar-refractivity contribution in [1.29, 1.82) is 0 Å². The monoisotopic (exact) mass is 504 g/mol. The second-order valence-corrected chi connectivity index (χ2v) is 9.97. The van der Waals surface area contributed by atoms with Crippen molar-refractivity contribution in [3.63, 3.8) is 0 Å². The van der Waals surface area contributed by atoms with Crippen LogP contribution in [0.4, 0.5) is 15.9 Å². The molecule has 0 radical (unpaired) electrons. The van der Waals surface area contributed by atoms with Crippen molar-refractivity contribution in [2.75, 3.05) is 23.3 Å². The number of hydrogen-bond acceptors (Lipinski definition) is 6. The van der Waals surface area contributed by atoms with Crippen LogP contribution < -0.4 is 15.8 Å². The summed E-state index contributed by atoms with van der Waals surface area (Å²) >= 11 is 1.28. The Kier molecular flexibility index (Phi) is 6.96. The first-order valence-electron chi connectivity index (χ1n) is 12.4. The van der Waals surface area contributed by atoms with Gasteiger partial charge in [0.05, 0.1) is 5.56 Å². The molecule has 1 aromatic heterocycles. The molecule has 3 aromatic rings. The Morgan fingerprint density at radius 2 is 1.81 bits per heavy atom. The lowest BCUT2D eigenvalue weighted by atomic mass is 9.76. The highest BCUT2D eigenvalue weighted by atomic mass is 32.2. The Morgan fingerprint density at radius 3 is 2.53 bits per heavy atom. The van der Waals surface area contributed by atoms with Crippen LogP contribution in [0.25, 0.3) is 0 Å². The van der Waals surface area contributed by atoms with Crippen molar-refractivity contribution in [2.45, 2.75) is 49.9 Å². The minimum atomic E-state index is -0.475. The summed E-state index contributed by atoms with van der Waals surface area (Å²) < 4.78 is 14.1. The van der Waals surface area contributed by atoms with E-state index in [1.165, 1.54) is 17.8 Å². The molecule has 1 unspecified atom stereocenters. The predicted molar refractivity (Wildman–Crippen MR) is 142 cm³/mol. The SMILES string of the molecule is CCN(CC)c1ccc(C2C3=C(CCCC3=O)Nc3nc(SCc4ccccc4F)[nH]c(=O)c32)cc1. The number of anilines is 2. The number of Topliss-reactive ketones (excluding diaryl/α,β-unsaturated/α-hetero) is 1. The standard InChI is InChI=1S/C28H29FN4O2S/c1-3-33(4-2)19-14-12-17(13-15-19)23-24-21(10-7-11-22(24)34)30-26-25(23)27(35)32-28(31-26)36-16-18-8-5-6-9-20(18)29/h5-6,8-9,12-15,23H,3-4,7,10-11,16H2,1-2H3,(H2,30,31,32,35). The van der Waals surface area contributed by atoms with Gasteiger partial charge in [0.25, 0.3) is 5.56 Å². The van der Waals surface area contributed by atoms with Crippen molar-refractivity contribution >= 4 is 29.1 Å². The highest BCUT2D eigenvalue weighted by Gasteiger charge is 2.37. The Morgan fingerprint density at radius 1 is 1.06 bits per heavy atom. The molecule has 2 aromatic carbocycles. The van der Waals surface area contributed by atoms with Gasteiger partial charge in [-0.1, -0.05) is 42.1 Å². The summed E-state index contributed by atoms with van der Waals surface area (Å²) in [6.45, 7) is 6.03. The van der Waals surface area contributed by atoms with E-state index in [4.69, 9.17) is 4.98 Å². The number of carbonyl (C=O) groups is 1. The van der Waals surface area contributed by atoms with Crippen LogP contribution in [-0.4, -0.2) is 28.8 Å². The molecule has 2 aliphatic rings. The van der Waals surface area contributed by atoms with Crippen molar-refractivity contribution in [2.24, 2.45) is 0 Å². The van der Waals surface area contributed by atoms with Gasteiger partial charge in [0.15, 0.2) is 10.9 Å². The quantitative estimate of drug-likeness (QED) is 0.322. The van der Waals surface area contributed by atoms with Gasteiger partial charge in [-0.25, -0.2) is 9.37 Å². The number of ketones is 1. The zero-order valence-electron chi connectivity index (χ0n) is 20.4. The molecule has 36 heavy (non-hydrogen) atoms. The summed E-state index contributed by atoms with van der Waals surface area (Å²) in [5.41, 5.74) is 4.23. The summed E-state index contributed by atoms with van der Waals surface area (Å²) in [4.78, 5) is 36.3. The summed E-state index contributed by atoms with van der Waals surface area (Å²) in [7, 11) is 0. The van der Waals surface area contributed by atoms with Crippen LogP contribution in [0, 0.1) is 5.82 Å². The van der Waals surface area contributed by atoms with E-state index in [0.717, 1.165) is 42.9 Å². The molecule has 0 saturated heterocycles. The van der Waals surface area contributed by atoms with Gasteiger partial charge >= 0.3 is 0 Å². The number of aromatic nitrogens is 2. The largest absolute Gasteiger partial charge is 0.372 e. The highest BCUT2D eigenvalue weighted by Crippen LogP contribution is 2.43. The van der Waals surface area contributed by atoms with Crippen LogP contribution in [0.15, 0.2) is 69.8 Å². The molecule has 2 heterocycles. The summed E-state index contributed by atoms with van der Waals surface area (Å²) in [6.07, 6.45) is 1.98. The molecule has 1 aliphatic heterocycles. The fourth-order valence-corrected chi connectivity index (χ4v) is 5.92. The number of H-pyrrole nitrogens is 1. The number of allylic oxidation sites excluding steroid dienone is 2. The molecule has 6 nitrogen and oxygen atoms in total. The average Bonchev–Trinajstić information content (AvgIpc) is 2.88. The molecule has 0 amide bonds. The maximum Gasteiger partial charge on any atom is 0.257 e. The number of rotatable bonds is 7. The number of halogens is 1. The molecule has 1 atom stereocenters. The molecule has 1 aliphatic carbocycles. The maximum atomic E-state index is 14.1. The normalized spacial score (nSPS) is 16.9. The number of nitrogens with zero attached hydrogens (tertiary/aromatic N) is 2.